The highest BCUT2D eigenvalue weighted by Gasteiger charge is 2.31. The van der Waals surface area contributed by atoms with Gasteiger partial charge < -0.3 is 10.6 Å². The number of nitrogens with one attached hydrogen (secondary N) is 2. The smallest absolute Gasteiger partial charge is 0.233 e. The monoisotopic (exact) mass is 212 g/mol. The summed E-state index contributed by atoms with van der Waals surface area (Å²) in [5.41, 5.74) is 0. The second kappa shape index (κ2) is 6.11. The largest absolute Gasteiger partial charge is 0.355 e. The number of rotatable bonds is 5. The minimum Gasteiger partial charge on any atom is -0.355 e. The summed E-state index contributed by atoms with van der Waals surface area (Å²) in [6.45, 7) is 7.70. The van der Waals surface area contributed by atoms with Crippen molar-refractivity contribution in [2.24, 2.45) is 11.8 Å². The molecule has 1 rings (SSSR count). The molecule has 1 amide bonds. The second-order valence-corrected chi connectivity index (χ2v) is 4.55. The first kappa shape index (κ1) is 12.5. The highest BCUT2D eigenvalue weighted by atomic mass is 16.1. The molecule has 3 nitrogen and oxygen atoms in total. The maximum absolute atomic E-state index is 11.3. The van der Waals surface area contributed by atoms with Crippen molar-refractivity contribution >= 4 is 5.91 Å². The Morgan fingerprint density at radius 2 is 2.07 bits per heavy atom. The second-order valence-electron chi connectivity index (χ2n) is 4.55. The van der Waals surface area contributed by atoms with E-state index < -0.39 is 0 Å². The molecule has 0 radical (unpaired) electrons. The normalized spacial score (nSPS) is 30.5. The molecule has 2 N–H and O–H groups in total. The first-order valence-electron chi connectivity index (χ1n) is 6.19. The van der Waals surface area contributed by atoms with E-state index in [0.717, 1.165) is 12.5 Å². The van der Waals surface area contributed by atoms with Gasteiger partial charge in [-0.05, 0) is 31.6 Å². The SMILES string of the molecule is CCNC(=O)CNC1CCC(CC)C1C. The molecule has 0 aromatic rings. The molecule has 0 spiro atoms. The van der Waals surface area contributed by atoms with Gasteiger partial charge in [0.15, 0.2) is 0 Å². The average Bonchev–Trinajstić information content (AvgIpc) is 2.57. The summed E-state index contributed by atoms with van der Waals surface area (Å²) in [5, 5.41) is 6.18. The Morgan fingerprint density at radius 1 is 1.33 bits per heavy atom. The van der Waals surface area contributed by atoms with Gasteiger partial charge in [-0.3, -0.25) is 4.79 Å². The van der Waals surface area contributed by atoms with Crippen LogP contribution in [-0.2, 0) is 4.79 Å². The van der Waals surface area contributed by atoms with Gasteiger partial charge in [-0.2, -0.15) is 0 Å². The minimum absolute atomic E-state index is 0.115. The Bertz CT molecular complexity index is 206. The summed E-state index contributed by atoms with van der Waals surface area (Å²) >= 11 is 0. The van der Waals surface area contributed by atoms with Gasteiger partial charge in [-0.1, -0.05) is 20.3 Å². The Labute approximate surface area is 93.0 Å². The van der Waals surface area contributed by atoms with Crippen molar-refractivity contribution < 1.29 is 4.79 Å². The lowest BCUT2D eigenvalue weighted by atomic mass is 9.93. The summed E-state index contributed by atoms with van der Waals surface area (Å²) in [5.74, 6) is 1.67. The highest BCUT2D eigenvalue weighted by Crippen LogP contribution is 2.33. The van der Waals surface area contributed by atoms with E-state index >= 15 is 0 Å². The fourth-order valence-electron chi connectivity index (χ4n) is 2.60. The maximum Gasteiger partial charge on any atom is 0.233 e. The number of amides is 1. The van der Waals surface area contributed by atoms with Crippen LogP contribution in [0.2, 0.25) is 0 Å². The fraction of sp³-hybridized carbons (Fsp3) is 0.917. The Kier molecular flexibility index (Phi) is 5.09. The van der Waals surface area contributed by atoms with Crippen molar-refractivity contribution in [2.45, 2.75) is 46.1 Å². The van der Waals surface area contributed by atoms with Crippen LogP contribution in [0.3, 0.4) is 0 Å². The van der Waals surface area contributed by atoms with E-state index in [1.165, 1.54) is 19.3 Å². The third-order valence-corrected chi connectivity index (χ3v) is 3.65. The van der Waals surface area contributed by atoms with Crippen LogP contribution in [0.4, 0.5) is 0 Å². The summed E-state index contributed by atoms with van der Waals surface area (Å²) < 4.78 is 0. The van der Waals surface area contributed by atoms with Crippen LogP contribution in [0.5, 0.6) is 0 Å². The van der Waals surface area contributed by atoms with Crippen LogP contribution in [0, 0.1) is 11.8 Å². The number of carbonyl (C=O) groups is 1. The van der Waals surface area contributed by atoms with Crippen molar-refractivity contribution in [1.82, 2.24) is 10.6 Å². The fourth-order valence-corrected chi connectivity index (χ4v) is 2.60. The van der Waals surface area contributed by atoms with Gasteiger partial charge in [0.2, 0.25) is 5.91 Å². The topological polar surface area (TPSA) is 41.1 Å². The van der Waals surface area contributed by atoms with Crippen molar-refractivity contribution in [1.29, 1.82) is 0 Å². The summed E-state index contributed by atoms with van der Waals surface area (Å²) in [4.78, 5) is 11.3. The molecule has 1 fully saturated rings. The lowest BCUT2D eigenvalue weighted by molar-refractivity contribution is -0.120. The molecule has 1 aliphatic carbocycles. The Balaban J connectivity index is 2.25. The molecule has 0 aliphatic heterocycles. The third-order valence-electron chi connectivity index (χ3n) is 3.65. The molecular formula is C12H24N2O. The predicted octanol–water partition coefficient (Wildman–Crippen LogP) is 1.54. The molecule has 0 aromatic heterocycles. The molecule has 0 saturated heterocycles. The van der Waals surface area contributed by atoms with E-state index in [4.69, 9.17) is 0 Å². The zero-order valence-electron chi connectivity index (χ0n) is 10.2. The van der Waals surface area contributed by atoms with E-state index in [9.17, 15) is 4.79 Å². The molecule has 0 bridgehead atoms. The standard InChI is InChI=1S/C12H24N2O/c1-4-10-6-7-11(9(10)3)14-8-12(15)13-5-2/h9-11,14H,4-8H2,1-3H3,(H,13,15). The Morgan fingerprint density at radius 3 is 2.60 bits per heavy atom. The van der Waals surface area contributed by atoms with Gasteiger partial charge in [0.25, 0.3) is 0 Å². The number of hydrogen-bond donors (Lipinski definition) is 2. The van der Waals surface area contributed by atoms with Crippen LogP contribution >= 0.6 is 0 Å². The molecule has 15 heavy (non-hydrogen) atoms. The van der Waals surface area contributed by atoms with Crippen LogP contribution in [-0.4, -0.2) is 25.0 Å². The third kappa shape index (κ3) is 3.49. The maximum atomic E-state index is 11.3. The lowest BCUT2D eigenvalue weighted by Crippen LogP contribution is -2.40. The molecule has 3 heteroatoms. The zero-order chi connectivity index (χ0) is 11.3. The molecule has 0 heterocycles. The minimum atomic E-state index is 0.115. The van der Waals surface area contributed by atoms with Gasteiger partial charge >= 0.3 is 0 Å². The average molecular weight is 212 g/mol. The van der Waals surface area contributed by atoms with E-state index in [1.807, 2.05) is 6.92 Å². The van der Waals surface area contributed by atoms with Crippen LogP contribution in [0.1, 0.15) is 40.0 Å². The van der Waals surface area contributed by atoms with E-state index in [2.05, 4.69) is 24.5 Å². The quantitative estimate of drug-likeness (QED) is 0.726. The van der Waals surface area contributed by atoms with Crippen LogP contribution < -0.4 is 10.6 Å². The van der Waals surface area contributed by atoms with Gasteiger partial charge in [0.1, 0.15) is 0 Å². The molecule has 3 unspecified atom stereocenters. The molecule has 88 valence electrons. The van der Waals surface area contributed by atoms with Crippen LogP contribution in [0.25, 0.3) is 0 Å². The summed E-state index contributed by atoms with van der Waals surface area (Å²) in [7, 11) is 0. The van der Waals surface area contributed by atoms with Crippen molar-refractivity contribution in [3.05, 3.63) is 0 Å². The van der Waals surface area contributed by atoms with Gasteiger partial charge in [-0.25, -0.2) is 0 Å². The van der Waals surface area contributed by atoms with Crippen molar-refractivity contribution in [2.75, 3.05) is 13.1 Å². The molecule has 0 aromatic carbocycles. The Hall–Kier alpha value is -0.570. The zero-order valence-corrected chi connectivity index (χ0v) is 10.2. The molecule has 3 atom stereocenters. The predicted molar refractivity (Wildman–Crippen MR) is 62.7 cm³/mol. The summed E-state index contributed by atoms with van der Waals surface area (Å²) in [6, 6.07) is 0.539. The van der Waals surface area contributed by atoms with Crippen molar-refractivity contribution in [3.63, 3.8) is 0 Å². The first-order valence-corrected chi connectivity index (χ1v) is 6.19. The van der Waals surface area contributed by atoms with E-state index in [-0.39, 0.29) is 5.91 Å². The van der Waals surface area contributed by atoms with Crippen molar-refractivity contribution in [3.8, 4) is 0 Å². The van der Waals surface area contributed by atoms with E-state index in [0.29, 0.717) is 18.5 Å². The molecule has 1 saturated carbocycles. The molecule has 1 aliphatic rings. The van der Waals surface area contributed by atoms with E-state index in [1.54, 1.807) is 0 Å². The number of hydrogen-bond acceptors (Lipinski definition) is 2. The highest BCUT2D eigenvalue weighted by molar-refractivity contribution is 5.77. The van der Waals surface area contributed by atoms with Crippen LogP contribution in [0.15, 0.2) is 0 Å². The number of carbonyl (C=O) groups excluding carboxylic acids is 1. The summed E-state index contributed by atoms with van der Waals surface area (Å²) in [6.07, 6.45) is 3.80. The molecular weight excluding hydrogens is 188 g/mol. The van der Waals surface area contributed by atoms with Gasteiger partial charge in [-0.15, -0.1) is 0 Å². The first-order chi connectivity index (χ1) is 7.19. The van der Waals surface area contributed by atoms with Gasteiger partial charge in [0.05, 0.1) is 6.54 Å². The lowest BCUT2D eigenvalue weighted by Gasteiger charge is -2.20. The number of likely N-dealkylation sites (N-methyl/N-ethyl adjacent to an activating group) is 1. The van der Waals surface area contributed by atoms with Gasteiger partial charge in [0, 0.05) is 12.6 Å².